The largest absolute Gasteiger partial charge is 0.380 e. The molecule has 0 atom stereocenters. The first kappa shape index (κ1) is 23.7. The van der Waals surface area contributed by atoms with E-state index < -0.39 is 0 Å². The van der Waals surface area contributed by atoms with E-state index in [1.165, 1.54) is 5.56 Å². The van der Waals surface area contributed by atoms with Crippen LogP contribution in [0, 0.1) is 5.41 Å². The van der Waals surface area contributed by atoms with E-state index in [2.05, 4.69) is 33.8 Å². The van der Waals surface area contributed by atoms with Crippen LogP contribution in [0.3, 0.4) is 0 Å². The fraction of sp³-hybridized carbons (Fsp3) is 0.600. The number of benzene rings is 1. The van der Waals surface area contributed by atoms with Crippen molar-refractivity contribution < 1.29 is 9.53 Å². The third-order valence-corrected chi connectivity index (χ3v) is 5.00. The van der Waals surface area contributed by atoms with Gasteiger partial charge in [0.25, 0.3) is 0 Å². The van der Waals surface area contributed by atoms with Crippen LogP contribution in [0.1, 0.15) is 36.8 Å². The summed E-state index contributed by atoms with van der Waals surface area (Å²) in [5.41, 5.74) is 2.01. The van der Waals surface area contributed by atoms with Gasteiger partial charge in [0.05, 0.1) is 12.0 Å². The Hall–Kier alpha value is -1.35. The van der Waals surface area contributed by atoms with Gasteiger partial charge in [-0.2, -0.15) is 0 Å². The molecule has 6 nitrogen and oxygen atoms in total. The molecule has 2 rings (SSSR count). The second-order valence-electron chi connectivity index (χ2n) is 7.22. The highest BCUT2D eigenvalue weighted by molar-refractivity contribution is 14.0. The molecule has 0 aliphatic heterocycles. The molecule has 0 radical (unpaired) electrons. The van der Waals surface area contributed by atoms with Crippen LogP contribution in [0.15, 0.2) is 29.3 Å². The molecule has 1 aromatic carbocycles. The van der Waals surface area contributed by atoms with Gasteiger partial charge in [0, 0.05) is 41.3 Å². The number of carbonyl (C=O) groups is 1. The van der Waals surface area contributed by atoms with Gasteiger partial charge >= 0.3 is 0 Å². The van der Waals surface area contributed by atoms with Crippen LogP contribution in [-0.2, 0) is 22.7 Å². The van der Waals surface area contributed by atoms with Crippen LogP contribution in [0.2, 0.25) is 0 Å². The van der Waals surface area contributed by atoms with Crippen molar-refractivity contribution in [3.8, 4) is 0 Å². The number of ether oxygens (including phenoxy) is 1. The number of methoxy groups -OCH3 is 1. The number of amides is 1. The lowest BCUT2D eigenvalue weighted by molar-refractivity contribution is -0.138. The molecule has 0 spiro atoms. The van der Waals surface area contributed by atoms with E-state index in [-0.39, 0.29) is 35.3 Å². The van der Waals surface area contributed by atoms with Crippen molar-refractivity contribution in [3.63, 3.8) is 0 Å². The number of hydrogen-bond acceptors (Lipinski definition) is 3. The summed E-state index contributed by atoms with van der Waals surface area (Å²) >= 11 is 0. The minimum Gasteiger partial charge on any atom is -0.380 e. The number of guanidine groups is 1. The van der Waals surface area contributed by atoms with Crippen LogP contribution in [0.5, 0.6) is 0 Å². The van der Waals surface area contributed by atoms with E-state index in [9.17, 15) is 4.79 Å². The summed E-state index contributed by atoms with van der Waals surface area (Å²) in [6.07, 6.45) is 4.10. The van der Waals surface area contributed by atoms with Gasteiger partial charge in [-0.25, -0.2) is 0 Å². The van der Waals surface area contributed by atoms with Crippen molar-refractivity contribution in [1.82, 2.24) is 15.5 Å². The summed E-state index contributed by atoms with van der Waals surface area (Å²) in [5, 5.41) is 6.70. The molecule has 1 aromatic rings. The van der Waals surface area contributed by atoms with E-state index in [1.807, 2.05) is 20.2 Å². The zero-order valence-electron chi connectivity index (χ0n) is 16.9. The molecule has 1 aliphatic carbocycles. The molecule has 0 unspecified atom stereocenters. The fourth-order valence-electron chi connectivity index (χ4n) is 3.65. The Bertz CT molecular complexity index is 628. The Morgan fingerprint density at radius 3 is 2.48 bits per heavy atom. The van der Waals surface area contributed by atoms with Gasteiger partial charge in [-0.05, 0) is 24.0 Å². The topological polar surface area (TPSA) is 66.0 Å². The lowest BCUT2D eigenvalue weighted by Crippen LogP contribution is -2.49. The number of aliphatic imine (C=N–C) groups is 1. The number of carbonyl (C=O) groups excluding carboxylic acids is 1. The van der Waals surface area contributed by atoms with Crippen molar-refractivity contribution in [2.45, 2.75) is 38.8 Å². The number of nitrogens with one attached hydrogen (secondary N) is 2. The number of halogens is 1. The highest BCUT2D eigenvalue weighted by atomic mass is 127. The van der Waals surface area contributed by atoms with E-state index >= 15 is 0 Å². The SMILES string of the molecule is CN=C(NCc1cccc(COC)c1)NCC1(C(=O)N(C)C)CCCC1.I. The van der Waals surface area contributed by atoms with E-state index in [0.29, 0.717) is 19.7 Å². The van der Waals surface area contributed by atoms with Crippen molar-refractivity contribution >= 4 is 35.8 Å². The van der Waals surface area contributed by atoms with Crippen molar-refractivity contribution in [2.24, 2.45) is 10.4 Å². The molecular weight excluding hydrogens is 455 g/mol. The average molecular weight is 488 g/mol. The summed E-state index contributed by atoms with van der Waals surface area (Å²) < 4.78 is 5.19. The lowest BCUT2D eigenvalue weighted by atomic mass is 9.84. The standard InChI is InChI=1S/C20H32N4O2.HI/c1-21-19(22-13-16-8-7-9-17(12-16)14-26-4)23-15-20(10-5-6-11-20)18(25)24(2)3;/h7-9,12H,5-6,10-11,13-15H2,1-4H3,(H2,21,22,23);1H. The van der Waals surface area contributed by atoms with Gasteiger partial charge in [-0.1, -0.05) is 37.1 Å². The fourth-order valence-corrected chi connectivity index (χ4v) is 3.65. The van der Waals surface area contributed by atoms with Gasteiger partial charge in [0.2, 0.25) is 5.91 Å². The molecule has 0 heterocycles. The molecule has 2 N–H and O–H groups in total. The zero-order valence-corrected chi connectivity index (χ0v) is 19.2. The predicted octanol–water partition coefficient (Wildman–Crippen LogP) is 2.76. The molecule has 0 bridgehead atoms. The first-order chi connectivity index (χ1) is 12.5. The van der Waals surface area contributed by atoms with E-state index in [0.717, 1.165) is 37.2 Å². The Labute approximate surface area is 180 Å². The Morgan fingerprint density at radius 1 is 1.22 bits per heavy atom. The van der Waals surface area contributed by atoms with Gasteiger partial charge in [-0.3, -0.25) is 9.79 Å². The Balaban J connectivity index is 0.00000364. The monoisotopic (exact) mass is 488 g/mol. The minimum atomic E-state index is -0.306. The molecule has 152 valence electrons. The Kier molecular flexibility index (Phi) is 10.1. The zero-order chi connectivity index (χ0) is 19.0. The van der Waals surface area contributed by atoms with Crippen LogP contribution in [0.4, 0.5) is 0 Å². The predicted molar refractivity (Wildman–Crippen MR) is 120 cm³/mol. The summed E-state index contributed by atoms with van der Waals surface area (Å²) in [7, 11) is 7.13. The number of nitrogens with zero attached hydrogens (tertiary/aromatic N) is 2. The third kappa shape index (κ3) is 6.64. The van der Waals surface area contributed by atoms with Crippen molar-refractivity contribution in [1.29, 1.82) is 0 Å². The molecule has 1 fully saturated rings. The number of rotatable bonds is 7. The summed E-state index contributed by atoms with van der Waals surface area (Å²) in [5.74, 6) is 0.935. The van der Waals surface area contributed by atoms with Crippen LogP contribution >= 0.6 is 24.0 Å². The van der Waals surface area contributed by atoms with Crippen LogP contribution in [0.25, 0.3) is 0 Å². The van der Waals surface area contributed by atoms with Gasteiger partial charge in [-0.15, -0.1) is 24.0 Å². The van der Waals surface area contributed by atoms with Gasteiger partial charge in [0.1, 0.15) is 0 Å². The van der Waals surface area contributed by atoms with E-state index in [4.69, 9.17) is 4.74 Å². The highest BCUT2D eigenvalue weighted by Crippen LogP contribution is 2.38. The second kappa shape index (κ2) is 11.5. The third-order valence-electron chi connectivity index (χ3n) is 5.00. The minimum absolute atomic E-state index is 0. The lowest BCUT2D eigenvalue weighted by Gasteiger charge is -2.31. The maximum absolute atomic E-state index is 12.7. The number of hydrogen-bond donors (Lipinski definition) is 2. The molecule has 1 saturated carbocycles. The molecule has 7 heteroatoms. The summed E-state index contributed by atoms with van der Waals surface area (Å²) in [6, 6.07) is 8.28. The maximum Gasteiger partial charge on any atom is 0.230 e. The normalized spacial score (nSPS) is 15.8. The van der Waals surface area contributed by atoms with E-state index in [1.54, 1.807) is 19.1 Å². The highest BCUT2D eigenvalue weighted by Gasteiger charge is 2.42. The smallest absolute Gasteiger partial charge is 0.230 e. The quantitative estimate of drug-likeness (QED) is 0.352. The average Bonchev–Trinajstić information content (AvgIpc) is 3.12. The van der Waals surface area contributed by atoms with Gasteiger partial charge in [0.15, 0.2) is 5.96 Å². The molecule has 1 amide bonds. The molecule has 0 aromatic heterocycles. The molecule has 0 saturated heterocycles. The maximum atomic E-state index is 12.7. The summed E-state index contributed by atoms with van der Waals surface area (Å²) in [6.45, 7) is 1.90. The van der Waals surface area contributed by atoms with Crippen molar-refractivity contribution in [3.05, 3.63) is 35.4 Å². The van der Waals surface area contributed by atoms with Crippen molar-refractivity contribution in [2.75, 3.05) is 34.8 Å². The van der Waals surface area contributed by atoms with Gasteiger partial charge < -0.3 is 20.3 Å². The first-order valence-electron chi connectivity index (χ1n) is 9.24. The first-order valence-corrected chi connectivity index (χ1v) is 9.24. The molecule has 1 aliphatic rings. The summed E-state index contributed by atoms with van der Waals surface area (Å²) in [4.78, 5) is 18.7. The molecular formula is C20H33IN4O2. The molecule has 27 heavy (non-hydrogen) atoms. The van der Waals surface area contributed by atoms with Crippen LogP contribution < -0.4 is 10.6 Å². The van der Waals surface area contributed by atoms with Crippen LogP contribution in [-0.4, -0.2) is 51.6 Å². The Morgan fingerprint density at radius 2 is 1.89 bits per heavy atom. The second-order valence-corrected chi connectivity index (χ2v) is 7.22.